The molecule has 0 spiro atoms. The molecule has 4 heteroatoms. The molecule has 3 rings (SSSR count). The molecule has 25 heavy (non-hydrogen) atoms. The van der Waals surface area contributed by atoms with Crippen molar-refractivity contribution < 1.29 is 9.90 Å². The Bertz CT molecular complexity index is 660. The van der Waals surface area contributed by atoms with E-state index < -0.39 is 6.10 Å². The third-order valence-electron chi connectivity index (χ3n) is 4.61. The van der Waals surface area contributed by atoms with Crippen LogP contribution in [-0.2, 0) is 17.8 Å². The maximum Gasteiger partial charge on any atom is 0.237 e. The van der Waals surface area contributed by atoms with Crippen molar-refractivity contribution in [1.29, 1.82) is 0 Å². The van der Waals surface area contributed by atoms with Gasteiger partial charge >= 0.3 is 0 Å². The summed E-state index contributed by atoms with van der Waals surface area (Å²) < 4.78 is 0. The molecule has 2 aromatic carbocycles. The van der Waals surface area contributed by atoms with Crippen LogP contribution in [0, 0.1) is 0 Å². The van der Waals surface area contributed by atoms with E-state index in [4.69, 9.17) is 0 Å². The van der Waals surface area contributed by atoms with Crippen LogP contribution in [0.4, 0.5) is 0 Å². The number of aryl methyl sites for hydroxylation is 1. The summed E-state index contributed by atoms with van der Waals surface area (Å²) in [6, 6.07) is 20.3. The van der Waals surface area contributed by atoms with Crippen molar-refractivity contribution in [2.45, 2.75) is 25.5 Å². The molecule has 4 nitrogen and oxygen atoms in total. The highest BCUT2D eigenvalue weighted by molar-refractivity contribution is 5.78. The standard InChI is InChI=1S/C21H26N2O2/c24-20-15-22(13-7-12-18-8-3-1-4-9-18)17-21(25)23(16-20)14-19-10-5-2-6-11-19/h1-6,8-11,20,24H,7,12-17H2. The van der Waals surface area contributed by atoms with E-state index in [1.807, 2.05) is 36.4 Å². The highest BCUT2D eigenvalue weighted by Gasteiger charge is 2.26. The molecule has 1 aliphatic heterocycles. The third kappa shape index (κ3) is 5.41. The molecule has 0 radical (unpaired) electrons. The first-order chi connectivity index (χ1) is 12.2. The van der Waals surface area contributed by atoms with Gasteiger partial charge in [0.15, 0.2) is 0 Å². The largest absolute Gasteiger partial charge is 0.390 e. The zero-order chi connectivity index (χ0) is 17.5. The quantitative estimate of drug-likeness (QED) is 0.879. The summed E-state index contributed by atoms with van der Waals surface area (Å²) in [5.74, 6) is 0.0973. The summed E-state index contributed by atoms with van der Waals surface area (Å²) in [6.07, 6.45) is 1.49. The van der Waals surface area contributed by atoms with E-state index in [1.165, 1.54) is 5.56 Å². The number of rotatable bonds is 6. The Morgan fingerprint density at radius 3 is 2.24 bits per heavy atom. The van der Waals surface area contributed by atoms with E-state index >= 15 is 0 Å². The van der Waals surface area contributed by atoms with Crippen molar-refractivity contribution in [3.8, 4) is 0 Å². The molecule has 1 saturated heterocycles. The second-order valence-electron chi connectivity index (χ2n) is 6.74. The molecule has 1 N–H and O–H groups in total. The Hall–Kier alpha value is -2.17. The van der Waals surface area contributed by atoms with E-state index in [9.17, 15) is 9.90 Å². The first kappa shape index (κ1) is 17.6. The molecule has 0 saturated carbocycles. The molecule has 1 fully saturated rings. The second kappa shape index (κ2) is 8.79. The van der Waals surface area contributed by atoms with Crippen LogP contribution >= 0.6 is 0 Å². The average molecular weight is 338 g/mol. The molecule has 1 heterocycles. The number of β-amino-alcohol motifs (C(OH)–C–C–N with tert-alkyl or cyclic N) is 1. The molecule has 132 valence electrons. The molecule has 0 aromatic heterocycles. The van der Waals surface area contributed by atoms with Gasteiger partial charge in [-0.05, 0) is 30.5 Å². The molecular formula is C21H26N2O2. The van der Waals surface area contributed by atoms with Gasteiger partial charge in [0.25, 0.3) is 0 Å². The van der Waals surface area contributed by atoms with Gasteiger partial charge < -0.3 is 10.0 Å². The predicted molar refractivity (Wildman–Crippen MR) is 99.1 cm³/mol. The number of carbonyl (C=O) groups excluding carboxylic acids is 1. The maximum absolute atomic E-state index is 12.6. The molecule has 1 unspecified atom stereocenters. The number of hydrogen-bond donors (Lipinski definition) is 1. The van der Waals surface area contributed by atoms with E-state index in [0.29, 0.717) is 26.2 Å². The Morgan fingerprint density at radius 2 is 1.56 bits per heavy atom. The minimum atomic E-state index is -0.494. The lowest BCUT2D eigenvalue weighted by Gasteiger charge is -2.22. The van der Waals surface area contributed by atoms with Crippen LogP contribution in [0.15, 0.2) is 60.7 Å². The van der Waals surface area contributed by atoms with Crippen LogP contribution in [-0.4, -0.2) is 53.1 Å². The van der Waals surface area contributed by atoms with Gasteiger partial charge in [0, 0.05) is 19.6 Å². The van der Waals surface area contributed by atoms with Gasteiger partial charge in [0.2, 0.25) is 5.91 Å². The Labute approximate surface area is 149 Å². The highest BCUT2D eigenvalue weighted by atomic mass is 16.3. The second-order valence-corrected chi connectivity index (χ2v) is 6.74. The van der Waals surface area contributed by atoms with Crippen LogP contribution in [0.25, 0.3) is 0 Å². The molecule has 1 aliphatic rings. The summed E-state index contributed by atoms with van der Waals surface area (Å²) in [7, 11) is 0. The maximum atomic E-state index is 12.6. The van der Waals surface area contributed by atoms with Crippen LogP contribution in [0.2, 0.25) is 0 Å². The zero-order valence-corrected chi connectivity index (χ0v) is 14.6. The summed E-state index contributed by atoms with van der Waals surface area (Å²) in [4.78, 5) is 16.4. The predicted octanol–water partition coefficient (Wildman–Crippen LogP) is 2.32. The lowest BCUT2D eigenvalue weighted by atomic mass is 10.1. The molecule has 1 amide bonds. The number of amides is 1. The van der Waals surface area contributed by atoms with Gasteiger partial charge in [-0.25, -0.2) is 0 Å². The molecule has 0 bridgehead atoms. The van der Waals surface area contributed by atoms with E-state index in [0.717, 1.165) is 24.9 Å². The smallest absolute Gasteiger partial charge is 0.237 e. The van der Waals surface area contributed by atoms with Crippen molar-refractivity contribution in [1.82, 2.24) is 9.80 Å². The van der Waals surface area contributed by atoms with Crippen molar-refractivity contribution in [3.63, 3.8) is 0 Å². The van der Waals surface area contributed by atoms with E-state index in [1.54, 1.807) is 4.90 Å². The van der Waals surface area contributed by atoms with E-state index in [2.05, 4.69) is 29.2 Å². The van der Waals surface area contributed by atoms with Crippen molar-refractivity contribution >= 4 is 5.91 Å². The van der Waals surface area contributed by atoms with Crippen molar-refractivity contribution in [2.24, 2.45) is 0 Å². The highest BCUT2D eigenvalue weighted by Crippen LogP contribution is 2.12. The first-order valence-corrected chi connectivity index (χ1v) is 8.97. The topological polar surface area (TPSA) is 43.8 Å². The minimum absolute atomic E-state index is 0.0973. The fraction of sp³-hybridized carbons (Fsp3) is 0.381. The number of benzene rings is 2. The fourth-order valence-electron chi connectivity index (χ4n) is 3.35. The van der Waals surface area contributed by atoms with Crippen LogP contribution in [0.5, 0.6) is 0 Å². The molecular weight excluding hydrogens is 312 g/mol. The Kier molecular flexibility index (Phi) is 6.20. The van der Waals surface area contributed by atoms with Crippen molar-refractivity contribution in [2.75, 3.05) is 26.2 Å². The first-order valence-electron chi connectivity index (χ1n) is 8.97. The van der Waals surface area contributed by atoms with E-state index in [-0.39, 0.29) is 5.91 Å². The Morgan fingerprint density at radius 1 is 0.920 bits per heavy atom. The van der Waals surface area contributed by atoms with Gasteiger partial charge in [-0.2, -0.15) is 0 Å². The fourth-order valence-corrected chi connectivity index (χ4v) is 3.35. The minimum Gasteiger partial charge on any atom is -0.390 e. The SMILES string of the molecule is O=C1CN(CCCc2ccccc2)CC(O)CN1Cc1ccccc1. The number of aliphatic hydroxyl groups is 1. The lowest BCUT2D eigenvalue weighted by molar-refractivity contribution is -0.132. The molecule has 1 atom stereocenters. The van der Waals surface area contributed by atoms with Gasteiger partial charge in [0.05, 0.1) is 12.6 Å². The van der Waals surface area contributed by atoms with Crippen LogP contribution < -0.4 is 0 Å². The summed E-state index contributed by atoms with van der Waals surface area (Å²) >= 11 is 0. The van der Waals surface area contributed by atoms with Gasteiger partial charge in [-0.1, -0.05) is 60.7 Å². The monoisotopic (exact) mass is 338 g/mol. The zero-order valence-electron chi connectivity index (χ0n) is 14.6. The lowest BCUT2D eigenvalue weighted by Crippen LogP contribution is -2.36. The third-order valence-corrected chi connectivity index (χ3v) is 4.61. The summed E-state index contributed by atoms with van der Waals surface area (Å²) in [5, 5.41) is 10.3. The van der Waals surface area contributed by atoms with Gasteiger partial charge in [-0.15, -0.1) is 0 Å². The number of hydrogen-bond acceptors (Lipinski definition) is 3. The number of aliphatic hydroxyl groups excluding tert-OH is 1. The molecule has 2 aromatic rings. The summed E-state index contributed by atoms with van der Waals surface area (Å²) in [5.41, 5.74) is 2.41. The molecule has 0 aliphatic carbocycles. The normalized spacial score (nSPS) is 19.0. The van der Waals surface area contributed by atoms with Crippen LogP contribution in [0.1, 0.15) is 17.5 Å². The number of carbonyl (C=O) groups is 1. The van der Waals surface area contributed by atoms with Crippen molar-refractivity contribution in [3.05, 3.63) is 71.8 Å². The van der Waals surface area contributed by atoms with Gasteiger partial charge in [-0.3, -0.25) is 9.69 Å². The average Bonchev–Trinajstić information content (AvgIpc) is 2.75. The Balaban J connectivity index is 1.53. The number of nitrogens with zero attached hydrogens (tertiary/aromatic N) is 2. The van der Waals surface area contributed by atoms with Gasteiger partial charge in [0.1, 0.15) is 0 Å². The summed E-state index contributed by atoms with van der Waals surface area (Å²) in [6.45, 7) is 2.75. The van der Waals surface area contributed by atoms with Crippen LogP contribution in [0.3, 0.4) is 0 Å².